The standard InChI is InChI=1S/C24H28ClN5O4/c1-32-23-3-2-19-24(29-23)16(17(25)12-28-19)4-6-30-7-5-18(20(31)14-30)27-11-15-10-21-22(13-26-15)34-9-8-33-21/h2-3,10,12-13,18,20,27,31H,4-9,11,14H2,1H3. The molecule has 2 atom stereocenters. The number of aliphatic hydroxyl groups is 1. The molecule has 0 bridgehead atoms. The molecule has 3 aromatic rings. The van der Waals surface area contributed by atoms with Crippen molar-refractivity contribution in [2.24, 2.45) is 0 Å². The van der Waals surface area contributed by atoms with Crippen LogP contribution >= 0.6 is 11.6 Å². The number of aliphatic hydroxyl groups excluding tert-OH is 1. The van der Waals surface area contributed by atoms with Crippen LogP contribution < -0.4 is 19.5 Å². The van der Waals surface area contributed by atoms with E-state index in [1.54, 1.807) is 25.6 Å². The van der Waals surface area contributed by atoms with Gasteiger partial charge in [-0.1, -0.05) is 11.6 Å². The van der Waals surface area contributed by atoms with E-state index in [2.05, 4.69) is 25.2 Å². The Labute approximate surface area is 203 Å². The second-order valence-corrected chi connectivity index (χ2v) is 8.93. The molecular formula is C24H28ClN5O4. The van der Waals surface area contributed by atoms with Gasteiger partial charge < -0.3 is 29.5 Å². The molecule has 3 aromatic heterocycles. The smallest absolute Gasteiger partial charge is 0.213 e. The van der Waals surface area contributed by atoms with Crippen LogP contribution in [0.3, 0.4) is 0 Å². The van der Waals surface area contributed by atoms with Crippen LogP contribution in [0.2, 0.25) is 5.02 Å². The molecule has 2 unspecified atom stereocenters. The maximum absolute atomic E-state index is 10.8. The highest BCUT2D eigenvalue weighted by molar-refractivity contribution is 6.32. The molecular weight excluding hydrogens is 458 g/mol. The summed E-state index contributed by atoms with van der Waals surface area (Å²) in [5.74, 6) is 1.94. The van der Waals surface area contributed by atoms with Crippen molar-refractivity contribution in [3.63, 3.8) is 0 Å². The Morgan fingerprint density at radius 1 is 1.21 bits per heavy atom. The van der Waals surface area contributed by atoms with Crippen molar-refractivity contribution in [3.8, 4) is 17.4 Å². The number of β-amino-alcohol motifs (C(OH)–C–C–N with tert-alkyl or cyclic N) is 1. The molecule has 5 heterocycles. The number of nitrogens with one attached hydrogen (secondary N) is 1. The number of ether oxygens (including phenoxy) is 3. The number of nitrogens with zero attached hydrogens (tertiary/aromatic N) is 4. The number of fused-ring (bicyclic) bond motifs is 2. The predicted octanol–water partition coefficient (Wildman–Crippen LogP) is 2.23. The molecule has 1 saturated heterocycles. The van der Waals surface area contributed by atoms with Gasteiger partial charge in [0.05, 0.1) is 41.2 Å². The summed E-state index contributed by atoms with van der Waals surface area (Å²) in [4.78, 5) is 15.6. The fraction of sp³-hybridized carbons (Fsp3) is 0.458. The number of rotatable bonds is 7. The Morgan fingerprint density at radius 3 is 2.88 bits per heavy atom. The fourth-order valence-corrected chi connectivity index (χ4v) is 4.69. The minimum atomic E-state index is -0.478. The lowest BCUT2D eigenvalue weighted by Crippen LogP contribution is -2.52. The van der Waals surface area contributed by atoms with E-state index in [-0.39, 0.29) is 6.04 Å². The van der Waals surface area contributed by atoms with E-state index in [0.29, 0.717) is 49.4 Å². The van der Waals surface area contributed by atoms with Crippen molar-refractivity contribution in [2.75, 3.05) is 40.0 Å². The van der Waals surface area contributed by atoms with Crippen LogP contribution in [0.4, 0.5) is 0 Å². The lowest BCUT2D eigenvalue weighted by molar-refractivity contribution is 0.0403. The lowest BCUT2D eigenvalue weighted by atomic mass is 10.0. The zero-order chi connectivity index (χ0) is 23.5. The van der Waals surface area contributed by atoms with Gasteiger partial charge in [0.2, 0.25) is 5.88 Å². The highest BCUT2D eigenvalue weighted by Crippen LogP contribution is 2.29. The third-order valence-electron chi connectivity index (χ3n) is 6.32. The molecule has 0 aromatic carbocycles. The van der Waals surface area contributed by atoms with Crippen LogP contribution in [0, 0.1) is 0 Å². The molecule has 0 aliphatic carbocycles. The van der Waals surface area contributed by atoms with Crippen molar-refractivity contribution in [3.05, 3.63) is 46.9 Å². The number of halogens is 1. The normalized spacial score (nSPS) is 20.4. The van der Waals surface area contributed by atoms with Crippen LogP contribution in [0.25, 0.3) is 11.0 Å². The van der Waals surface area contributed by atoms with Crippen molar-refractivity contribution >= 4 is 22.6 Å². The van der Waals surface area contributed by atoms with Crippen LogP contribution in [0.5, 0.6) is 17.4 Å². The second-order valence-electron chi connectivity index (χ2n) is 8.52. The van der Waals surface area contributed by atoms with E-state index in [1.165, 1.54) is 0 Å². The van der Waals surface area contributed by atoms with Gasteiger partial charge in [0.15, 0.2) is 11.5 Å². The Bertz CT molecular complexity index is 1160. The average Bonchev–Trinajstić information content (AvgIpc) is 2.87. The minimum absolute atomic E-state index is 0.00234. The molecule has 10 heteroatoms. The second kappa shape index (κ2) is 10.3. The maximum Gasteiger partial charge on any atom is 0.213 e. The van der Waals surface area contributed by atoms with Crippen LogP contribution in [-0.4, -0.2) is 77.1 Å². The summed E-state index contributed by atoms with van der Waals surface area (Å²) < 4.78 is 16.4. The molecule has 2 N–H and O–H groups in total. The van der Waals surface area contributed by atoms with E-state index in [1.807, 2.05) is 12.1 Å². The molecule has 2 aliphatic rings. The number of aromatic nitrogens is 3. The Morgan fingerprint density at radius 2 is 2.06 bits per heavy atom. The third kappa shape index (κ3) is 5.02. The summed E-state index contributed by atoms with van der Waals surface area (Å²) in [6.45, 7) is 3.89. The summed E-state index contributed by atoms with van der Waals surface area (Å²) in [5.41, 5.74) is 3.36. The first-order valence-electron chi connectivity index (χ1n) is 11.5. The van der Waals surface area contributed by atoms with Gasteiger partial charge in [-0.25, -0.2) is 4.98 Å². The van der Waals surface area contributed by atoms with E-state index in [4.69, 9.17) is 25.8 Å². The molecule has 9 nitrogen and oxygen atoms in total. The number of pyridine rings is 3. The maximum atomic E-state index is 10.8. The molecule has 1 fully saturated rings. The van der Waals surface area contributed by atoms with Crippen molar-refractivity contribution in [2.45, 2.75) is 31.5 Å². The molecule has 0 saturated carbocycles. The van der Waals surface area contributed by atoms with Crippen LogP contribution in [0.1, 0.15) is 17.7 Å². The number of likely N-dealkylation sites (tertiary alicyclic amines) is 1. The highest BCUT2D eigenvalue weighted by Gasteiger charge is 2.27. The highest BCUT2D eigenvalue weighted by atomic mass is 35.5. The van der Waals surface area contributed by atoms with Gasteiger partial charge in [0.1, 0.15) is 13.2 Å². The first-order valence-corrected chi connectivity index (χ1v) is 11.8. The van der Waals surface area contributed by atoms with E-state index >= 15 is 0 Å². The Balaban J connectivity index is 1.16. The number of hydrogen-bond donors (Lipinski definition) is 2. The zero-order valence-corrected chi connectivity index (χ0v) is 19.8. The Kier molecular flexibility index (Phi) is 6.96. The van der Waals surface area contributed by atoms with Gasteiger partial charge in [-0.05, 0) is 25.5 Å². The largest absolute Gasteiger partial charge is 0.486 e. The van der Waals surface area contributed by atoms with Crippen molar-refractivity contribution < 1.29 is 19.3 Å². The third-order valence-corrected chi connectivity index (χ3v) is 6.65. The molecule has 34 heavy (non-hydrogen) atoms. The van der Waals surface area contributed by atoms with Gasteiger partial charge >= 0.3 is 0 Å². The Hall–Kier alpha value is -2.72. The minimum Gasteiger partial charge on any atom is -0.486 e. The van der Waals surface area contributed by atoms with E-state index in [9.17, 15) is 5.11 Å². The average molecular weight is 486 g/mol. The van der Waals surface area contributed by atoms with Gasteiger partial charge in [-0.3, -0.25) is 9.97 Å². The van der Waals surface area contributed by atoms with E-state index < -0.39 is 6.10 Å². The summed E-state index contributed by atoms with van der Waals surface area (Å²) in [6.07, 6.45) is 4.44. The number of piperidine rings is 1. The summed E-state index contributed by atoms with van der Waals surface area (Å²) in [5, 5.41) is 14.8. The topological polar surface area (TPSA) is 102 Å². The van der Waals surface area contributed by atoms with Gasteiger partial charge in [0, 0.05) is 49.6 Å². The first kappa shape index (κ1) is 23.0. The summed E-state index contributed by atoms with van der Waals surface area (Å²) >= 11 is 6.47. The van der Waals surface area contributed by atoms with Gasteiger partial charge in [-0.2, -0.15) is 0 Å². The van der Waals surface area contributed by atoms with Crippen molar-refractivity contribution in [1.29, 1.82) is 0 Å². The summed E-state index contributed by atoms with van der Waals surface area (Å²) in [6, 6.07) is 5.58. The van der Waals surface area contributed by atoms with Crippen LogP contribution in [0.15, 0.2) is 30.6 Å². The predicted molar refractivity (Wildman–Crippen MR) is 128 cm³/mol. The molecule has 180 valence electrons. The molecule has 0 amide bonds. The zero-order valence-electron chi connectivity index (χ0n) is 19.0. The molecule has 0 radical (unpaired) electrons. The van der Waals surface area contributed by atoms with Gasteiger partial charge in [0.25, 0.3) is 0 Å². The molecule has 0 spiro atoms. The lowest BCUT2D eigenvalue weighted by Gasteiger charge is -2.36. The monoisotopic (exact) mass is 485 g/mol. The van der Waals surface area contributed by atoms with Crippen LogP contribution in [-0.2, 0) is 13.0 Å². The summed E-state index contributed by atoms with van der Waals surface area (Å²) in [7, 11) is 1.59. The first-order chi connectivity index (χ1) is 16.6. The van der Waals surface area contributed by atoms with Gasteiger partial charge in [-0.15, -0.1) is 0 Å². The molecule has 5 rings (SSSR count). The molecule has 2 aliphatic heterocycles. The number of methoxy groups -OCH3 is 1. The quantitative estimate of drug-likeness (QED) is 0.521. The van der Waals surface area contributed by atoms with E-state index in [0.717, 1.165) is 47.6 Å². The number of hydrogen-bond acceptors (Lipinski definition) is 9. The van der Waals surface area contributed by atoms with Crippen molar-refractivity contribution in [1.82, 2.24) is 25.2 Å². The SMILES string of the molecule is COc1ccc2ncc(Cl)c(CCN3CCC(NCc4cc5c(cn4)OCCO5)C(O)C3)c2n1. The fourth-order valence-electron chi connectivity index (χ4n) is 4.46.